The molecule has 0 aromatic heterocycles. The van der Waals surface area contributed by atoms with Crippen molar-refractivity contribution in [1.82, 2.24) is 0 Å². The number of rotatable bonds is 1. The number of carbonyl (C=O) groups is 2. The van der Waals surface area contributed by atoms with Gasteiger partial charge in [0.05, 0.1) is 5.69 Å². The van der Waals surface area contributed by atoms with Crippen LogP contribution in [0.15, 0.2) is 18.2 Å². The van der Waals surface area contributed by atoms with Gasteiger partial charge in [0.2, 0.25) is 11.8 Å². The maximum Gasteiger partial charge on any atom is 0.233 e. The zero-order valence-electron chi connectivity index (χ0n) is 9.19. The molecule has 2 amide bonds. The van der Waals surface area contributed by atoms with Crippen molar-refractivity contribution >= 4 is 23.2 Å². The lowest BCUT2D eigenvalue weighted by Gasteiger charge is -2.26. The predicted octanol–water partition coefficient (Wildman–Crippen LogP) is 1.62. The topological polar surface area (TPSA) is 63.4 Å². The summed E-state index contributed by atoms with van der Waals surface area (Å²) >= 11 is 0. The van der Waals surface area contributed by atoms with Crippen LogP contribution in [0.4, 0.5) is 11.4 Å². The van der Waals surface area contributed by atoms with Crippen molar-refractivity contribution in [2.24, 2.45) is 0 Å². The highest BCUT2D eigenvalue weighted by atomic mass is 16.2. The van der Waals surface area contributed by atoms with Crippen molar-refractivity contribution in [1.29, 1.82) is 0 Å². The van der Waals surface area contributed by atoms with Gasteiger partial charge < -0.3 is 5.73 Å². The molecule has 2 N–H and O–H groups in total. The Balaban J connectivity index is 2.46. The van der Waals surface area contributed by atoms with Crippen LogP contribution in [0.25, 0.3) is 0 Å². The zero-order valence-corrected chi connectivity index (χ0v) is 9.19. The molecule has 0 bridgehead atoms. The van der Waals surface area contributed by atoms with Crippen LogP contribution in [-0.4, -0.2) is 11.8 Å². The highest BCUT2D eigenvalue weighted by Gasteiger charge is 2.28. The first kappa shape index (κ1) is 10.7. The highest BCUT2D eigenvalue weighted by molar-refractivity contribution is 6.17. The van der Waals surface area contributed by atoms with E-state index in [0.29, 0.717) is 30.6 Å². The first-order valence-corrected chi connectivity index (χ1v) is 5.32. The van der Waals surface area contributed by atoms with Gasteiger partial charge >= 0.3 is 0 Å². The lowest BCUT2D eigenvalue weighted by molar-refractivity contribution is -0.129. The Hall–Kier alpha value is -1.84. The summed E-state index contributed by atoms with van der Waals surface area (Å²) < 4.78 is 0. The maximum absolute atomic E-state index is 11.7. The molecule has 1 heterocycles. The van der Waals surface area contributed by atoms with Gasteiger partial charge in [-0.3, -0.25) is 14.5 Å². The van der Waals surface area contributed by atoms with Gasteiger partial charge in [0.15, 0.2) is 0 Å². The molecule has 1 aromatic rings. The van der Waals surface area contributed by atoms with E-state index in [4.69, 9.17) is 5.73 Å². The Labute approximate surface area is 94.0 Å². The average molecular weight is 218 g/mol. The lowest BCUT2D eigenvalue weighted by atomic mass is 10.1. The van der Waals surface area contributed by atoms with Crippen molar-refractivity contribution in [2.75, 3.05) is 10.6 Å². The molecule has 1 fully saturated rings. The van der Waals surface area contributed by atoms with Gasteiger partial charge in [-0.25, -0.2) is 0 Å². The van der Waals surface area contributed by atoms with Gasteiger partial charge in [0.25, 0.3) is 0 Å². The van der Waals surface area contributed by atoms with Crippen molar-refractivity contribution in [3.8, 4) is 0 Å². The molecule has 1 aliphatic heterocycles. The smallest absolute Gasteiger partial charge is 0.233 e. The van der Waals surface area contributed by atoms with Crippen molar-refractivity contribution < 1.29 is 9.59 Å². The first-order valence-electron chi connectivity index (χ1n) is 5.32. The molecule has 4 nitrogen and oxygen atoms in total. The standard InChI is InChI=1S/C12H14N2O2/c1-8-9(13)4-2-5-10(8)14-11(15)6-3-7-12(14)16/h2,4-5H,3,6-7,13H2,1H3. The van der Waals surface area contributed by atoms with E-state index in [2.05, 4.69) is 0 Å². The van der Waals surface area contributed by atoms with E-state index in [-0.39, 0.29) is 11.8 Å². The minimum Gasteiger partial charge on any atom is -0.398 e. The molecule has 0 spiro atoms. The molecule has 84 valence electrons. The highest BCUT2D eigenvalue weighted by Crippen LogP contribution is 2.28. The van der Waals surface area contributed by atoms with Gasteiger partial charge in [-0.15, -0.1) is 0 Å². The average Bonchev–Trinajstić information content (AvgIpc) is 2.24. The van der Waals surface area contributed by atoms with Crippen LogP contribution in [0, 0.1) is 6.92 Å². The number of nitrogens with zero attached hydrogens (tertiary/aromatic N) is 1. The van der Waals surface area contributed by atoms with Gasteiger partial charge in [-0.05, 0) is 31.0 Å². The summed E-state index contributed by atoms with van der Waals surface area (Å²) in [5.41, 5.74) is 7.77. The molecular weight excluding hydrogens is 204 g/mol. The molecule has 1 aliphatic rings. The van der Waals surface area contributed by atoms with E-state index in [1.807, 2.05) is 6.92 Å². The monoisotopic (exact) mass is 218 g/mol. The first-order chi connectivity index (χ1) is 7.61. The van der Waals surface area contributed by atoms with Crippen LogP contribution in [-0.2, 0) is 9.59 Å². The molecule has 0 saturated carbocycles. The van der Waals surface area contributed by atoms with Crippen molar-refractivity contribution in [2.45, 2.75) is 26.2 Å². The number of benzene rings is 1. The summed E-state index contributed by atoms with van der Waals surface area (Å²) in [7, 11) is 0. The van der Waals surface area contributed by atoms with Gasteiger partial charge in [0.1, 0.15) is 0 Å². The van der Waals surface area contributed by atoms with E-state index in [1.165, 1.54) is 4.90 Å². The van der Waals surface area contributed by atoms with E-state index in [9.17, 15) is 9.59 Å². The van der Waals surface area contributed by atoms with Crippen LogP contribution in [0.3, 0.4) is 0 Å². The number of imide groups is 1. The van der Waals surface area contributed by atoms with Crippen LogP contribution in [0.5, 0.6) is 0 Å². The summed E-state index contributed by atoms with van der Waals surface area (Å²) in [6.45, 7) is 1.82. The number of piperidine rings is 1. The predicted molar refractivity (Wildman–Crippen MR) is 61.9 cm³/mol. The quantitative estimate of drug-likeness (QED) is 0.575. The van der Waals surface area contributed by atoms with E-state index < -0.39 is 0 Å². The van der Waals surface area contributed by atoms with Crippen molar-refractivity contribution in [3.05, 3.63) is 23.8 Å². The second kappa shape index (κ2) is 3.96. The Kier molecular flexibility index (Phi) is 2.64. The fourth-order valence-corrected chi connectivity index (χ4v) is 1.91. The summed E-state index contributed by atoms with van der Waals surface area (Å²) in [5.74, 6) is -0.269. The van der Waals surface area contributed by atoms with E-state index in [0.717, 1.165) is 5.56 Å². The second-order valence-corrected chi connectivity index (χ2v) is 3.97. The minimum atomic E-state index is -0.134. The molecule has 16 heavy (non-hydrogen) atoms. The summed E-state index contributed by atoms with van der Waals surface area (Å²) in [4.78, 5) is 24.7. The molecule has 0 unspecified atom stereocenters. The molecule has 4 heteroatoms. The number of carbonyl (C=O) groups excluding carboxylic acids is 2. The van der Waals surface area contributed by atoms with Crippen LogP contribution in [0.2, 0.25) is 0 Å². The largest absolute Gasteiger partial charge is 0.398 e. The third-order valence-electron chi connectivity index (χ3n) is 2.87. The van der Waals surface area contributed by atoms with Gasteiger partial charge in [0, 0.05) is 18.5 Å². The number of hydrogen-bond acceptors (Lipinski definition) is 3. The Morgan fingerprint density at radius 3 is 2.44 bits per heavy atom. The van der Waals surface area contributed by atoms with Crippen LogP contribution >= 0.6 is 0 Å². The number of anilines is 2. The van der Waals surface area contributed by atoms with E-state index in [1.54, 1.807) is 18.2 Å². The Morgan fingerprint density at radius 2 is 1.81 bits per heavy atom. The summed E-state index contributed by atoms with van der Waals surface area (Å²) in [5, 5.41) is 0. The Bertz CT molecular complexity index is 438. The third kappa shape index (κ3) is 1.66. The number of amides is 2. The molecular formula is C12H14N2O2. The Morgan fingerprint density at radius 1 is 1.19 bits per heavy atom. The summed E-state index contributed by atoms with van der Waals surface area (Å²) in [6, 6.07) is 5.28. The maximum atomic E-state index is 11.7. The van der Waals surface area contributed by atoms with Crippen LogP contribution < -0.4 is 10.6 Å². The molecule has 0 radical (unpaired) electrons. The fourth-order valence-electron chi connectivity index (χ4n) is 1.91. The zero-order chi connectivity index (χ0) is 11.7. The third-order valence-corrected chi connectivity index (χ3v) is 2.87. The van der Waals surface area contributed by atoms with E-state index >= 15 is 0 Å². The SMILES string of the molecule is Cc1c(N)cccc1N1C(=O)CCCC1=O. The lowest BCUT2D eigenvalue weighted by Crippen LogP contribution is -2.40. The molecule has 2 rings (SSSR count). The minimum absolute atomic E-state index is 0.134. The number of nitrogen functional groups attached to an aromatic ring is 1. The fraction of sp³-hybridized carbons (Fsp3) is 0.333. The number of nitrogens with two attached hydrogens (primary N) is 1. The summed E-state index contributed by atoms with van der Waals surface area (Å²) in [6.07, 6.45) is 1.51. The van der Waals surface area contributed by atoms with Gasteiger partial charge in [-0.1, -0.05) is 6.07 Å². The molecule has 0 aliphatic carbocycles. The number of hydrogen-bond donors (Lipinski definition) is 1. The van der Waals surface area contributed by atoms with Crippen LogP contribution in [0.1, 0.15) is 24.8 Å². The second-order valence-electron chi connectivity index (χ2n) is 3.97. The molecule has 0 atom stereocenters. The van der Waals surface area contributed by atoms with Gasteiger partial charge in [-0.2, -0.15) is 0 Å². The van der Waals surface area contributed by atoms with Crippen molar-refractivity contribution in [3.63, 3.8) is 0 Å². The normalized spacial score (nSPS) is 16.7. The molecule has 1 aromatic carbocycles. The molecule has 1 saturated heterocycles.